The molecule has 5 heterocycles. The summed E-state index contributed by atoms with van der Waals surface area (Å²) >= 11 is 5.98. The Morgan fingerprint density at radius 3 is 2.67 bits per heavy atom. The first-order valence-electron chi connectivity index (χ1n) is 14.4. The highest BCUT2D eigenvalue weighted by Crippen LogP contribution is 2.33. The molecule has 2 saturated heterocycles. The monoisotopic (exact) mass is 609 g/mol. The minimum absolute atomic E-state index is 0.0409. The van der Waals surface area contributed by atoms with Crippen LogP contribution in [0.3, 0.4) is 0 Å². The van der Waals surface area contributed by atoms with Crippen LogP contribution >= 0.6 is 11.6 Å². The lowest BCUT2D eigenvalue weighted by atomic mass is 10.1. The number of amides is 2. The third-order valence-corrected chi connectivity index (χ3v) is 8.00. The van der Waals surface area contributed by atoms with Gasteiger partial charge in [0.2, 0.25) is 5.75 Å². The first-order valence-corrected chi connectivity index (χ1v) is 14.8. The Bertz CT molecular complexity index is 1720. The number of morpholine rings is 1. The largest absolute Gasteiger partial charge is 0.486 e. The Balaban J connectivity index is 1.49. The normalized spacial score (nSPS) is 15.6. The molecule has 2 aliphatic rings. The van der Waals surface area contributed by atoms with Gasteiger partial charge in [-0.05, 0) is 30.2 Å². The van der Waals surface area contributed by atoms with Crippen LogP contribution in [0.2, 0.25) is 5.02 Å². The lowest BCUT2D eigenvalue weighted by molar-refractivity contribution is 0.122. The summed E-state index contributed by atoms with van der Waals surface area (Å²) in [5.41, 5.74) is 3.03. The summed E-state index contributed by atoms with van der Waals surface area (Å²) in [6, 6.07) is 6.30. The molecule has 0 aliphatic carbocycles. The number of carbonyl (C=O) groups excluding carboxylic acids is 1. The van der Waals surface area contributed by atoms with Crippen molar-refractivity contribution >= 4 is 34.7 Å². The minimum Gasteiger partial charge on any atom is -0.486 e. The third kappa shape index (κ3) is 5.76. The van der Waals surface area contributed by atoms with Gasteiger partial charge >= 0.3 is 11.6 Å². The average molecular weight is 610 g/mol. The number of aromatic amines is 1. The number of H-pyrrole nitrogens is 1. The summed E-state index contributed by atoms with van der Waals surface area (Å²) in [5, 5.41) is 0.0409. The van der Waals surface area contributed by atoms with Crippen molar-refractivity contribution in [3.63, 3.8) is 0 Å². The zero-order valence-corrected chi connectivity index (χ0v) is 24.9. The van der Waals surface area contributed by atoms with Gasteiger partial charge < -0.3 is 24.3 Å². The average Bonchev–Trinajstić information content (AvgIpc) is 3.61. The number of unbranched alkanes of at least 4 members (excludes halogenated alkanes) is 1. The smallest absolute Gasteiger partial charge is 0.324 e. The molecule has 2 fully saturated rings. The highest BCUT2D eigenvalue weighted by Gasteiger charge is 2.31. The van der Waals surface area contributed by atoms with Gasteiger partial charge in [0.15, 0.2) is 17.2 Å². The number of benzene rings is 1. The Kier molecular flexibility index (Phi) is 8.22. The lowest BCUT2D eigenvalue weighted by Gasteiger charge is -2.30. The maximum Gasteiger partial charge on any atom is 0.324 e. The molecule has 11 nitrogen and oxygen atoms in total. The second-order valence-electron chi connectivity index (χ2n) is 10.7. The van der Waals surface area contributed by atoms with E-state index in [1.165, 1.54) is 10.5 Å². The van der Waals surface area contributed by atoms with Crippen LogP contribution in [0.4, 0.5) is 20.6 Å². The number of nitrogens with zero attached hydrogens (tertiary/aromatic N) is 6. The summed E-state index contributed by atoms with van der Waals surface area (Å²) in [6.45, 7) is 5.85. The van der Waals surface area contributed by atoms with E-state index >= 15 is 0 Å². The molecule has 0 atom stereocenters. The number of aromatic nitrogens is 4. The molecule has 6 rings (SSSR count). The number of pyridine rings is 1. The number of hydrogen-bond donors (Lipinski definition) is 1. The fourth-order valence-electron chi connectivity index (χ4n) is 5.30. The minimum atomic E-state index is -0.485. The zero-order chi connectivity index (χ0) is 30.1. The van der Waals surface area contributed by atoms with E-state index in [2.05, 4.69) is 14.9 Å². The fraction of sp³-hybridized carbons (Fsp3) is 0.400. The number of imidazole rings is 1. The van der Waals surface area contributed by atoms with E-state index in [0.717, 1.165) is 29.8 Å². The number of urea groups is 1. The van der Waals surface area contributed by atoms with Gasteiger partial charge in [-0.15, -0.1) is 0 Å². The number of ether oxygens (including phenoxy) is 2. The number of carbonyl (C=O) groups is 1. The summed E-state index contributed by atoms with van der Waals surface area (Å²) in [6.07, 6.45) is 5.45. The van der Waals surface area contributed by atoms with Crippen LogP contribution in [0, 0.1) is 5.82 Å². The van der Waals surface area contributed by atoms with Gasteiger partial charge in [-0.3, -0.25) is 14.1 Å². The van der Waals surface area contributed by atoms with Crippen LogP contribution in [0.1, 0.15) is 31.0 Å². The van der Waals surface area contributed by atoms with Crippen molar-refractivity contribution < 1.29 is 18.7 Å². The second-order valence-corrected chi connectivity index (χ2v) is 11.1. The molecule has 226 valence electrons. The van der Waals surface area contributed by atoms with Crippen molar-refractivity contribution in [1.29, 1.82) is 0 Å². The van der Waals surface area contributed by atoms with E-state index in [1.54, 1.807) is 41.4 Å². The summed E-state index contributed by atoms with van der Waals surface area (Å²) in [5.74, 6) is -0.0605. The maximum atomic E-state index is 14.2. The molecular formula is C30H33ClFN7O4. The first kappa shape index (κ1) is 28.9. The van der Waals surface area contributed by atoms with E-state index in [9.17, 15) is 14.0 Å². The van der Waals surface area contributed by atoms with Gasteiger partial charge in [0, 0.05) is 57.7 Å². The van der Waals surface area contributed by atoms with Gasteiger partial charge in [-0.25, -0.2) is 19.2 Å². The highest BCUT2D eigenvalue weighted by molar-refractivity contribution is 6.30. The molecule has 0 unspecified atom stereocenters. The molecule has 13 heteroatoms. The number of nitrogens with one attached hydrogen (secondary N) is 1. The number of likely N-dealkylation sites (N-methyl/N-ethyl adjacent to an activating group) is 1. The Labute approximate surface area is 252 Å². The molecule has 43 heavy (non-hydrogen) atoms. The number of hydrogen-bond acceptors (Lipinski definition) is 7. The van der Waals surface area contributed by atoms with Crippen LogP contribution in [0.25, 0.3) is 17.2 Å². The van der Waals surface area contributed by atoms with E-state index in [1.807, 2.05) is 13.0 Å². The van der Waals surface area contributed by atoms with E-state index < -0.39 is 11.4 Å². The summed E-state index contributed by atoms with van der Waals surface area (Å²) in [7, 11) is 1.75. The fourth-order valence-corrected chi connectivity index (χ4v) is 5.51. The third-order valence-electron chi connectivity index (χ3n) is 7.71. The van der Waals surface area contributed by atoms with Gasteiger partial charge in [-0.2, -0.15) is 0 Å². The molecule has 1 aromatic carbocycles. The van der Waals surface area contributed by atoms with Crippen LogP contribution in [0.15, 0.2) is 41.5 Å². The van der Waals surface area contributed by atoms with Crippen molar-refractivity contribution in [3.8, 4) is 17.3 Å². The standard InChI is InChI=1S/C30H33ClFN7O4/c1-3-4-11-43-26-25(27-33-17-20(34-27)14-19-5-6-23(32)22(31)15-19)35-28-24(38-8-7-36(2)30(38)41)16-21(18-39(28)29(26)40)37-9-12-42-13-10-37/h5-6,15-18H,3-4,7-14H2,1-2H3,(H,33,34). The SMILES string of the molecule is CCCCOc1c(-c2ncc(Cc3ccc(F)c(Cl)c3)[nH]2)nc2c(N3CCN(C)C3=O)cc(N3CCOCC3)cn2c1=O. The molecule has 0 saturated carbocycles. The summed E-state index contributed by atoms with van der Waals surface area (Å²) < 4.78 is 26.8. The van der Waals surface area contributed by atoms with Crippen LogP contribution in [-0.2, 0) is 11.2 Å². The molecule has 0 radical (unpaired) electrons. The van der Waals surface area contributed by atoms with Gasteiger partial charge in [0.05, 0.1) is 36.2 Å². The quantitative estimate of drug-likeness (QED) is 0.281. The number of fused-ring (bicyclic) bond motifs is 1. The van der Waals surface area contributed by atoms with Crippen molar-refractivity contribution in [3.05, 3.63) is 69.1 Å². The van der Waals surface area contributed by atoms with Gasteiger partial charge in [0.1, 0.15) is 5.82 Å². The van der Waals surface area contributed by atoms with E-state index in [4.69, 9.17) is 26.1 Å². The lowest BCUT2D eigenvalue weighted by Crippen LogP contribution is -2.37. The van der Waals surface area contributed by atoms with Crippen LogP contribution < -0.4 is 20.1 Å². The van der Waals surface area contributed by atoms with Gasteiger partial charge in [-0.1, -0.05) is 31.0 Å². The summed E-state index contributed by atoms with van der Waals surface area (Å²) in [4.78, 5) is 45.5. The van der Waals surface area contributed by atoms with Crippen LogP contribution in [0.5, 0.6) is 5.75 Å². The molecular weight excluding hydrogens is 577 g/mol. The molecule has 4 aromatic rings. The Morgan fingerprint density at radius 2 is 1.95 bits per heavy atom. The first-order chi connectivity index (χ1) is 20.8. The predicted molar refractivity (Wildman–Crippen MR) is 162 cm³/mol. The zero-order valence-electron chi connectivity index (χ0n) is 24.1. The highest BCUT2D eigenvalue weighted by atomic mass is 35.5. The Morgan fingerprint density at radius 1 is 1.14 bits per heavy atom. The van der Waals surface area contributed by atoms with Crippen LogP contribution in [-0.4, -0.2) is 83.3 Å². The van der Waals surface area contributed by atoms with E-state index in [-0.39, 0.29) is 22.5 Å². The number of rotatable bonds is 9. The van der Waals surface area contributed by atoms with Gasteiger partial charge in [0.25, 0.3) is 0 Å². The van der Waals surface area contributed by atoms with Crippen molar-refractivity contribution in [2.75, 3.05) is 62.8 Å². The predicted octanol–water partition coefficient (Wildman–Crippen LogP) is 4.36. The molecule has 2 amide bonds. The molecule has 1 N–H and O–H groups in total. The van der Waals surface area contributed by atoms with Crippen molar-refractivity contribution in [2.45, 2.75) is 26.2 Å². The van der Waals surface area contributed by atoms with Crippen molar-refractivity contribution in [2.24, 2.45) is 0 Å². The molecule has 0 spiro atoms. The Hall–Kier alpha value is -4.16. The topological polar surface area (TPSA) is 108 Å². The number of anilines is 2. The molecule has 0 bridgehead atoms. The molecule has 3 aromatic heterocycles. The van der Waals surface area contributed by atoms with E-state index in [0.29, 0.717) is 69.6 Å². The second kappa shape index (κ2) is 12.2. The number of halogens is 2. The molecule has 2 aliphatic heterocycles. The van der Waals surface area contributed by atoms with Crippen molar-refractivity contribution in [1.82, 2.24) is 24.3 Å². The maximum absolute atomic E-state index is 14.2.